The molecule has 0 aromatic heterocycles. The van der Waals surface area contributed by atoms with Gasteiger partial charge in [-0.05, 0) is 4.92 Å². The van der Waals surface area contributed by atoms with Gasteiger partial charge in [0.1, 0.15) is 0 Å². The Bertz CT molecular complexity index is 186. The van der Waals surface area contributed by atoms with Gasteiger partial charge >= 0.3 is 5.84 Å². The largest absolute Gasteiger partial charge is 0.400 e. The lowest BCUT2D eigenvalue weighted by Gasteiger charge is -1.92. The second-order valence-corrected chi connectivity index (χ2v) is 1.52. The normalized spacial score (nSPS) is 11.1. The lowest BCUT2D eigenvalue weighted by Crippen LogP contribution is -2.11. The van der Waals surface area contributed by atoms with E-state index in [-0.39, 0.29) is 5.70 Å². The van der Waals surface area contributed by atoms with Crippen LogP contribution in [0.2, 0.25) is 0 Å². The molecule has 0 aliphatic rings. The van der Waals surface area contributed by atoms with Gasteiger partial charge in [0, 0.05) is 5.70 Å². The van der Waals surface area contributed by atoms with Crippen molar-refractivity contribution < 1.29 is 10.0 Å². The molecule has 56 valence electrons. The van der Waals surface area contributed by atoms with Gasteiger partial charge in [-0.15, -0.1) is 0 Å². The van der Waals surface area contributed by atoms with E-state index in [0.29, 0.717) is 0 Å². The molecular formula is C4H7N3O3. The fourth-order valence-electron chi connectivity index (χ4n) is 0.274. The highest BCUT2D eigenvalue weighted by atomic mass is 16.6. The quantitative estimate of drug-likeness (QED) is 0.201. The van der Waals surface area contributed by atoms with Gasteiger partial charge in [0.15, 0.2) is 0 Å². The minimum Gasteiger partial charge on any atom is -0.400 e. The van der Waals surface area contributed by atoms with Gasteiger partial charge in [0.05, 0.1) is 12.7 Å². The molecule has 0 atom stereocenters. The van der Waals surface area contributed by atoms with Crippen molar-refractivity contribution in [2.45, 2.75) is 0 Å². The van der Waals surface area contributed by atoms with Crippen LogP contribution in [0, 0.1) is 15.5 Å². The Morgan fingerprint density at radius 1 is 1.90 bits per heavy atom. The monoisotopic (exact) mass is 145 g/mol. The van der Waals surface area contributed by atoms with Crippen LogP contribution < -0.4 is 5.73 Å². The molecule has 0 saturated heterocycles. The first-order valence-corrected chi connectivity index (χ1v) is 2.37. The minimum absolute atomic E-state index is 0.0956. The SMILES string of the molecule is N=C(/C=C(\N)CO)[N+](=O)[O-]. The predicted octanol–water partition coefficient (Wildman–Crippen LogP) is -0.925. The number of aliphatic hydroxyl groups excluding tert-OH is 1. The molecule has 0 saturated carbocycles. The highest BCUT2D eigenvalue weighted by molar-refractivity contribution is 5.83. The number of amidine groups is 1. The first-order valence-electron chi connectivity index (χ1n) is 2.37. The third-order valence-electron chi connectivity index (χ3n) is 0.701. The first kappa shape index (κ1) is 8.57. The average Bonchev–Trinajstić information content (AvgIpc) is 1.87. The Kier molecular flexibility index (Phi) is 3.06. The zero-order valence-corrected chi connectivity index (χ0v) is 5.07. The summed E-state index contributed by atoms with van der Waals surface area (Å²) < 4.78 is 0. The molecule has 0 aliphatic heterocycles. The number of hydrogen-bond donors (Lipinski definition) is 3. The van der Waals surface area contributed by atoms with Crippen LogP contribution >= 0.6 is 0 Å². The minimum atomic E-state index is -0.900. The maximum absolute atomic E-state index is 9.75. The Balaban J connectivity index is 4.13. The molecule has 4 N–H and O–H groups in total. The summed E-state index contributed by atoms with van der Waals surface area (Å²) in [7, 11) is 0. The average molecular weight is 145 g/mol. The molecule has 0 heterocycles. The fourth-order valence-corrected chi connectivity index (χ4v) is 0.274. The number of rotatable bonds is 2. The van der Waals surface area contributed by atoms with Crippen LogP contribution in [0.5, 0.6) is 0 Å². The topological polar surface area (TPSA) is 113 Å². The van der Waals surface area contributed by atoms with Crippen LogP contribution in [0.25, 0.3) is 0 Å². The first-order chi connectivity index (χ1) is 4.57. The maximum Gasteiger partial charge on any atom is 0.357 e. The summed E-state index contributed by atoms with van der Waals surface area (Å²) in [5.41, 5.74) is 4.88. The molecule has 0 aromatic carbocycles. The number of nitro groups is 1. The maximum atomic E-state index is 9.75. The Hall–Kier alpha value is -1.43. The number of nitrogens with one attached hydrogen (secondary N) is 1. The molecule has 10 heavy (non-hydrogen) atoms. The van der Waals surface area contributed by atoms with Crippen molar-refractivity contribution in [1.29, 1.82) is 5.41 Å². The summed E-state index contributed by atoms with van der Waals surface area (Å²) in [6, 6.07) is 0. The van der Waals surface area contributed by atoms with Gasteiger partial charge in [-0.25, -0.2) is 0 Å². The molecule has 0 bridgehead atoms. The predicted molar refractivity (Wildman–Crippen MR) is 34.1 cm³/mol. The van der Waals surface area contributed by atoms with E-state index in [1.807, 2.05) is 0 Å². The number of nitrogens with two attached hydrogens (primary N) is 1. The van der Waals surface area contributed by atoms with Gasteiger partial charge in [-0.2, -0.15) is 0 Å². The molecule has 0 spiro atoms. The summed E-state index contributed by atoms with van der Waals surface area (Å²) in [6.45, 7) is -0.476. The van der Waals surface area contributed by atoms with Crippen molar-refractivity contribution in [2.24, 2.45) is 5.73 Å². The van der Waals surface area contributed by atoms with Crippen LogP contribution in [0.1, 0.15) is 0 Å². The van der Waals surface area contributed by atoms with Crippen molar-refractivity contribution in [3.8, 4) is 0 Å². The molecule has 0 aliphatic carbocycles. The second kappa shape index (κ2) is 3.57. The van der Waals surface area contributed by atoms with Crippen molar-refractivity contribution in [1.82, 2.24) is 0 Å². The summed E-state index contributed by atoms with van der Waals surface area (Å²) in [4.78, 5) is 8.85. The third kappa shape index (κ3) is 2.78. The summed E-state index contributed by atoms with van der Waals surface area (Å²) in [5, 5.41) is 24.6. The van der Waals surface area contributed by atoms with E-state index < -0.39 is 17.4 Å². The van der Waals surface area contributed by atoms with Crippen LogP contribution in [-0.2, 0) is 0 Å². The highest BCUT2D eigenvalue weighted by Gasteiger charge is 2.02. The molecule has 0 amide bonds. The van der Waals surface area contributed by atoms with E-state index in [1.165, 1.54) is 0 Å². The third-order valence-corrected chi connectivity index (χ3v) is 0.701. The molecule has 0 rings (SSSR count). The molecule has 0 fully saturated rings. The van der Waals surface area contributed by atoms with Crippen LogP contribution in [0.3, 0.4) is 0 Å². The summed E-state index contributed by atoms with van der Waals surface area (Å²) in [5.74, 6) is -0.827. The van der Waals surface area contributed by atoms with E-state index in [0.717, 1.165) is 6.08 Å². The molecule has 6 nitrogen and oxygen atoms in total. The van der Waals surface area contributed by atoms with Gasteiger partial charge in [-0.1, -0.05) is 5.41 Å². The molecule has 0 radical (unpaired) electrons. The van der Waals surface area contributed by atoms with Crippen LogP contribution in [0.15, 0.2) is 11.8 Å². The number of nitrogens with zero attached hydrogens (tertiary/aromatic N) is 1. The zero-order chi connectivity index (χ0) is 8.15. The Morgan fingerprint density at radius 3 is 2.70 bits per heavy atom. The summed E-state index contributed by atoms with van der Waals surface area (Å²) >= 11 is 0. The molecule has 6 heteroatoms. The van der Waals surface area contributed by atoms with Gasteiger partial charge < -0.3 is 21.0 Å². The van der Waals surface area contributed by atoms with E-state index >= 15 is 0 Å². The van der Waals surface area contributed by atoms with Gasteiger partial charge in [0.2, 0.25) is 0 Å². The van der Waals surface area contributed by atoms with Crippen molar-refractivity contribution in [2.75, 3.05) is 6.61 Å². The van der Waals surface area contributed by atoms with Crippen LogP contribution in [0.4, 0.5) is 0 Å². The zero-order valence-electron chi connectivity index (χ0n) is 5.07. The van der Waals surface area contributed by atoms with E-state index in [9.17, 15) is 10.1 Å². The van der Waals surface area contributed by atoms with E-state index in [1.54, 1.807) is 0 Å². The second-order valence-electron chi connectivity index (χ2n) is 1.52. The van der Waals surface area contributed by atoms with Gasteiger partial charge in [0.25, 0.3) is 0 Å². The van der Waals surface area contributed by atoms with Gasteiger partial charge in [-0.3, -0.25) is 0 Å². The molecular weight excluding hydrogens is 138 g/mol. The Labute approximate surface area is 56.6 Å². The van der Waals surface area contributed by atoms with Crippen molar-refractivity contribution >= 4 is 5.84 Å². The van der Waals surface area contributed by atoms with Crippen LogP contribution in [-0.4, -0.2) is 22.5 Å². The fraction of sp³-hybridized carbons (Fsp3) is 0.250. The van der Waals surface area contributed by atoms with E-state index in [2.05, 4.69) is 0 Å². The number of aliphatic hydroxyl groups is 1. The highest BCUT2D eigenvalue weighted by Crippen LogP contribution is 1.83. The molecule has 0 unspecified atom stereocenters. The number of hydrogen-bond acceptors (Lipinski definition) is 5. The Morgan fingerprint density at radius 2 is 2.40 bits per heavy atom. The van der Waals surface area contributed by atoms with E-state index in [4.69, 9.17) is 16.2 Å². The smallest absolute Gasteiger partial charge is 0.357 e. The van der Waals surface area contributed by atoms with Crippen molar-refractivity contribution in [3.63, 3.8) is 0 Å². The molecule has 0 aromatic rings. The van der Waals surface area contributed by atoms with Crippen molar-refractivity contribution in [3.05, 3.63) is 21.9 Å². The lowest BCUT2D eigenvalue weighted by molar-refractivity contribution is -0.349. The lowest BCUT2D eigenvalue weighted by atomic mass is 10.4. The summed E-state index contributed by atoms with van der Waals surface area (Å²) in [6.07, 6.45) is 0.792. The standard InChI is InChI=1S/C4H7N3O3/c5-3(2-8)1-4(6)7(9)10/h1,6,8H,2,5H2/b3-1-,6-4?.